The van der Waals surface area contributed by atoms with Crippen LogP contribution in [0, 0.1) is 0 Å². The number of imide groups is 1. The van der Waals surface area contributed by atoms with Crippen molar-refractivity contribution in [2.75, 3.05) is 18.5 Å². The number of alkyl halides is 1. The predicted octanol–water partition coefficient (Wildman–Crippen LogP) is 2.67. The Bertz CT molecular complexity index is 1070. The first kappa shape index (κ1) is 26.9. The number of fused-ring (bicyclic) bond motifs is 2. The molecule has 0 bridgehead atoms. The second-order valence-corrected chi connectivity index (χ2v) is 11.2. The number of rotatable bonds is 5. The van der Waals surface area contributed by atoms with E-state index >= 15 is 0 Å². The van der Waals surface area contributed by atoms with Crippen LogP contribution >= 0.6 is 11.6 Å². The second kappa shape index (κ2) is 9.05. The molecular weight excluding hydrogens is 479 g/mol. The molecule has 0 saturated carbocycles. The van der Waals surface area contributed by atoms with Crippen molar-refractivity contribution in [3.05, 3.63) is 28.8 Å². The van der Waals surface area contributed by atoms with E-state index in [0.29, 0.717) is 10.6 Å². The fourth-order valence-electron chi connectivity index (χ4n) is 4.56. The van der Waals surface area contributed by atoms with Crippen LogP contribution in [0.5, 0.6) is 0 Å². The van der Waals surface area contributed by atoms with E-state index in [1.54, 1.807) is 26.8 Å². The molecule has 1 aromatic rings. The van der Waals surface area contributed by atoms with Crippen molar-refractivity contribution in [1.29, 1.82) is 0 Å². The first-order valence-electron chi connectivity index (χ1n) is 11.3. The highest BCUT2D eigenvalue weighted by atomic mass is 35.5. The lowest BCUT2D eigenvalue weighted by Gasteiger charge is -2.34. The van der Waals surface area contributed by atoms with Gasteiger partial charge in [-0.1, -0.05) is 11.6 Å². The number of primary amides is 1. The summed E-state index contributed by atoms with van der Waals surface area (Å²) in [4.78, 5) is 54.3. The molecule has 3 N–H and O–H groups in total. The van der Waals surface area contributed by atoms with E-state index in [1.807, 2.05) is 0 Å². The van der Waals surface area contributed by atoms with Crippen LogP contribution in [0.4, 0.5) is 14.9 Å². The molecule has 11 heteroatoms. The standard InChI is InChI=1S/C24H32ClFN4O5/c1-22(2,3)35-21(34)29(6)17(11-23(4,5)26)19(32)30-16-8-7-13(25)9-14(16)24(20(30)33)10-15(18(27)31)28-12-24/h7-9,15,17,28H,10-12H2,1-6H3,(H2,27,31)/t15-,17-,24-/m0/s1. The Morgan fingerprint density at radius 3 is 2.46 bits per heavy atom. The number of likely N-dealkylation sites (N-methyl/N-ethyl adjacent to an activating group) is 1. The van der Waals surface area contributed by atoms with Gasteiger partial charge >= 0.3 is 6.09 Å². The van der Waals surface area contributed by atoms with Crippen molar-refractivity contribution >= 4 is 41.1 Å². The van der Waals surface area contributed by atoms with Crippen molar-refractivity contribution in [3.63, 3.8) is 0 Å². The quantitative estimate of drug-likeness (QED) is 0.628. The molecule has 192 valence electrons. The number of halogens is 2. The number of carbonyl (C=O) groups is 4. The number of nitrogens with zero attached hydrogens (tertiary/aromatic N) is 2. The van der Waals surface area contributed by atoms with Gasteiger partial charge in [0.2, 0.25) is 11.8 Å². The molecule has 0 aliphatic carbocycles. The smallest absolute Gasteiger partial charge is 0.410 e. The maximum atomic E-state index is 14.8. The van der Waals surface area contributed by atoms with Gasteiger partial charge in [-0.3, -0.25) is 19.3 Å². The third-order valence-corrected chi connectivity index (χ3v) is 6.44. The van der Waals surface area contributed by atoms with Crippen molar-refractivity contribution in [2.24, 2.45) is 5.73 Å². The van der Waals surface area contributed by atoms with Crippen LogP contribution in [-0.4, -0.2) is 65.7 Å². The maximum absolute atomic E-state index is 14.8. The van der Waals surface area contributed by atoms with Gasteiger partial charge in [-0.05, 0) is 64.8 Å². The van der Waals surface area contributed by atoms with Crippen LogP contribution in [0.1, 0.15) is 53.0 Å². The molecule has 0 radical (unpaired) electrons. The lowest BCUT2D eigenvalue weighted by molar-refractivity contribution is -0.132. The topological polar surface area (TPSA) is 122 Å². The number of ether oxygens (including phenoxy) is 1. The highest BCUT2D eigenvalue weighted by Gasteiger charge is 2.58. The Kier molecular flexibility index (Phi) is 6.95. The number of carbonyl (C=O) groups excluding carboxylic acids is 4. The zero-order valence-electron chi connectivity index (χ0n) is 20.8. The summed E-state index contributed by atoms with van der Waals surface area (Å²) in [7, 11) is 1.34. The van der Waals surface area contributed by atoms with Crippen molar-refractivity contribution in [2.45, 2.75) is 76.2 Å². The summed E-state index contributed by atoms with van der Waals surface area (Å²) in [6, 6.07) is 2.54. The molecular formula is C24H32ClFN4O5. The third-order valence-electron chi connectivity index (χ3n) is 6.21. The van der Waals surface area contributed by atoms with Gasteiger partial charge in [-0.2, -0.15) is 0 Å². The second-order valence-electron chi connectivity index (χ2n) is 10.8. The van der Waals surface area contributed by atoms with E-state index in [4.69, 9.17) is 22.1 Å². The molecule has 1 saturated heterocycles. The number of hydrogen-bond acceptors (Lipinski definition) is 6. The minimum atomic E-state index is -1.84. The van der Waals surface area contributed by atoms with Crippen molar-refractivity contribution in [3.8, 4) is 0 Å². The molecule has 9 nitrogen and oxygen atoms in total. The number of benzene rings is 1. The largest absolute Gasteiger partial charge is 0.444 e. The van der Waals surface area contributed by atoms with Gasteiger partial charge < -0.3 is 15.8 Å². The minimum Gasteiger partial charge on any atom is -0.444 e. The Labute approximate surface area is 209 Å². The molecule has 2 aliphatic rings. The molecule has 1 fully saturated rings. The number of amides is 4. The van der Waals surface area contributed by atoms with Crippen LogP contribution in [0.2, 0.25) is 5.02 Å². The van der Waals surface area contributed by atoms with Gasteiger partial charge in [0, 0.05) is 25.0 Å². The summed E-state index contributed by atoms with van der Waals surface area (Å²) in [6.45, 7) is 7.66. The summed E-state index contributed by atoms with van der Waals surface area (Å²) in [5.74, 6) is -1.99. The SMILES string of the molecule is CN(C(=O)OC(C)(C)C)[C@@H](CC(C)(C)F)C(=O)N1C(=O)[C@@]2(CN[C@H](C(N)=O)C2)c2cc(Cl)ccc21. The zero-order valence-corrected chi connectivity index (χ0v) is 21.5. The fraction of sp³-hybridized carbons (Fsp3) is 0.583. The van der Waals surface area contributed by atoms with E-state index in [1.165, 1.54) is 33.0 Å². The molecule has 0 aromatic heterocycles. The van der Waals surface area contributed by atoms with Crippen LogP contribution in [0.25, 0.3) is 0 Å². The Morgan fingerprint density at radius 2 is 1.94 bits per heavy atom. The van der Waals surface area contributed by atoms with E-state index in [2.05, 4.69) is 5.32 Å². The summed E-state index contributed by atoms with van der Waals surface area (Å²) in [6.07, 6.45) is -1.16. The number of hydrogen-bond donors (Lipinski definition) is 2. The molecule has 2 heterocycles. The molecule has 3 atom stereocenters. The molecule has 4 amide bonds. The monoisotopic (exact) mass is 510 g/mol. The number of anilines is 1. The van der Waals surface area contributed by atoms with Crippen LogP contribution in [0.3, 0.4) is 0 Å². The third kappa shape index (κ3) is 5.28. The molecule has 2 aliphatic heterocycles. The van der Waals surface area contributed by atoms with E-state index in [-0.39, 0.29) is 25.1 Å². The van der Waals surface area contributed by atoms with Crippen LogP contribution in [0.15, 0.2) is 18.2 Å². The van der Waals surface area contributed by atoms with Crippen LogP contribution in [-0.2, 0) is 24.5 Å². The fourth-order valence-corrected chi connectivity index (χ4v) is 4.74. The number of nitrogens with one attached hydrogen (secondary N) is 1. The highest BCUT2D eigenvalue weighted by Crippen LogP contribution is 2.48. The molecule has 1 spiro atoms. The van der Waals surface area contributed by atoms with Gasteiger partial charge in [0.25, 0.3) is 5.91 Å². The van der Waals surface area contributed by atoms with E-state index in [0.717, 1.165) is 9.80 Å². The Balaban J connectivity index is 2.05. The summed E-state index contributed by atoms with van der Waals surface area (Å²) >= 11 is 6.22. The minimum absolute atomic E-state index is 0.0411. The maximum Gasteiger partial charge on any atom is 0.410 e. The average molecular weight is 511 g/mol. The van der Waals surface area contributed by atoms with Gasteiger partial charge in [-0.25, -0.2) is 14.1 Å². The average Bonchev–Trinajstić information content (AvgIpc) is 3.25. The molecule has 3 rings (SSSR count). The normalized spacial score (nSPS) is 22.8. The Morgan fingerprint density at radius 1 is 1.31 bits per heavy atom. The molecule has 35 heavy (non-hydrogen) atoms. The number of nitrogens with two attached hydrogens (primary N) is 1. The Hall–Kier alpha value is -2.72. The van der Waals surface area contributed by atoms with Crippen LogP contribution < -0.4 is 16.0 Å². The van der Waals surface area contributed by atoms with E-state index in [9.17, 15) is 23.6 Å². The highest BCUT2D eigenvalue weighted by molar-refractivity contribution is 6.31. The lowest BCUT2D eigenvalue weighted by Crippen LogP contribution is -2.55. The van der Waals surface area contributed by atoms with Gasteiger partial charge in [0.05, 0.1) is 17.1 Å². The van der Waals surface area contributed by atoms with Gasteiger partial charge in [0.1, 0.15) is 17.3 Å². The first-order valence-corrected chi connectivity index (χ1v) is 11.7. The van der Waals surface area contributed by atoms with Gasteiger partial charge in [-0.15, -0.1) is 0 Å². The zero-order chi connectivity index (χ0) is 26.5. The van der Waals surface area contributed by atoms with Crippen molar-refractivity contribution < 1.29 is 28.3 Å². The predicted molar refractivity (Wildman–Crippen MR) is 129 cm³/mol. The van der Waals surface area contributed by atoms with E-state index < -0.39 is 52.6 Å². The molecule has 1 aromatic carbocycles. The first-order chi connectivity index (χ1) is 16.0. The summed E-state index contributed by atoms with van der Waals surface area (Å²) in [5, 5.41) is 3.30. The van der Waals surface area contributed by atoms with Gasteiger partial charge in [0.15, 0.2) is 0 Å². The summed E-state index contributed by atoms with van der Waals surface area (Å²) in [5.41, 5.74) is 2.26. The lowest BCUT2D eigenvalue weighted by atomic mass is 9.79. The molecule has 0 unspecified atom stereocenters. The van der Waals surface area contributed by atoms with Crippen molar-refractivity contribution in [1.82, 2.24) is 10.2 Å². The summed E-state index contributed by atoms with van der Waals surface area (Å²) < 4.78 is 20.2.